The number of rotatable bonds is 4. The van der Waals surface area contributed by atoms with Crippen LogP contribution in [0, 0.1) is 5.82 Å². The molecular formula is C15H15FO2. The van der Waals surface area contributed by atoms with E-state index in [1.165, 1.54) is 12.1 Å². The molecule has 2 aromatic carbocycles. The first-order chi connectivity index (χ1) is 8.66. The molecule has 0 bridgehead atoms. The third-order valence-electron chi connectivity index (χ3n) is 2.66. The summed E-state index contributed by atoms with van der Waals surface area (Å²) >= 11 is 0. The van der Waals surface area contributed by atoms with Crippen molar-refractivity contribution >= 4 is 0 Å². The van der Waals surface area contributed by atoms with Crippen LogP contribution < -0.4 is 4.74 Å². The van der Waals surface area contributed by atoms with E-state index in [1.54, 1.807) is 13.0 Å². The van der Waals surface area contributed by atoms with Crippen molar-refractivity contribution in [1.82, 2.24) is 0 Å². The predicted octanol–water partition coefficient (Wildman–Crippen LogP) is 3.46. The van der Waals surface area contributed by atoms with Crippen LogP contribution in [-0.4, -0.2) is 5.11 Å². The van der Waals surface area contributed by atoms with Crippen LogP contribution in [-0.2, 0) is 6.61 Å². The quantitative estimate of drug-likeness (QED) is 0.895. The van der Waals surface area contributed by atoms with E-state index in [2.05, 4.69) is 0 Å². The van der Waals surface area contributed by atoms with Gasteiger partial charge in [0.05, 0.1) is 6.10 Å². The van der Waals surface area contributed by atoms with E-state index in [-0.39, 0.29) is 5.82 Å². The Labute approximate surface area is 106 Å². The first kappa shape index (κ1) is 12.6. The smallest absolute Gasteiger partial charge is 0.125 e. The van der Waals surface area contributed by atoms with Gasteiger partial charge in [-0.05, 0) is 30.7 Å². The molecule has 18 heavy (non-hydrogen) atoms. The van der Waals surface area contributed by atoms with Crippen molar-refractivity contribution in [2.75, 3.05) is 0 Å². The second-order valence-corrected chi connectivity index (χ2v) is 4.13. The predicted molar refractivity (Wildman–Crippen MR) is 67.8 cm³/mol. The zero-order valence-electron chi connectivity index (χ0n) is 10.1. The molecule has 1 atom stereocenters. The minimum Gasteiger partial charge on any atom is -0.489 e. The Kier molecular flexibility index (Phi) is 3.95. The van der Waals surface area contributed by atoms with Gasteiger partial charge in [-0.2, -0.15) is 0 Å². The molecule has 0 fully saturated rings. The highest BCUT2D eigenvalue weighted by Gasteiger charge is 2.10. The number of benzene rings is 2. The Morgan fingerprint density at radius 2 is 1.89 bits per heavy atom. The van der Waals surface area contributed by atoms with Gasteiger partial charge in [0.1, 0.15) is 18.2 Å². The minimum absolute atomic E-state index is 0.377. The van der Waals surface area contributed by atoms with Gasteiger partial charge in [-0.3, -0.25) is 0 Å². The van der Waals surface area contributed by atoms with Crippen LogP contribution in [0.1, 0.15) is 24.2 Å². The summed E-state index contributed by atoms with van der Waals surface area (Å²) in [6.07, 6.45) is -0.758. The summed E-state index contributed by atoms with van der Waals surface area (Å²) in [5.41, 5.74) is 1.49. The molecule has 0 aliphatic rings. The first-order valence-corrected chi connectivity index (χ1v) is 5.81. The van der Waals surface area contributed by atoms with Gasteiger partial charge in [0.15, 0.2) is 0 Å². The summed E-state index contributed by atoms with van der Waals surface area (Å²) < 4.78 is 18.7. The molecule has 0 aromatic heterocycles. The fourth-order valence-electron chi connectivity index (χ4n) is 1.71. The first-order valence-electron chi connectivity index (χ1n) is 5.81. The molecule has 0 saturated heterocycles. The average molecular weight is 246 g/mol. The lowest BCUT2D eigenvalue weighted by Gasteiger charge is -2.13. The second kappa shape index (κ2) is 5.65. The number of hydrogen-bond acceptors (Lipinski definition) is 2. The van der Waals surface area contributed by atoms with Crippen LogP contribution in [0.15, 0.2) is 48.5 Å². The van der Waals surface area contributed by atoms with Crippen LogP contribution in [0.4, 0.5) is 4.39 Å². The normalized spacial score (nSPS) is 12.2. The second-order valence-electron chi connectivity index (χ2n) is 4.13. The van der Waals surface area contributed by atoms with Gasteiger partial charge in [-0.15, -0.1) is 0 Å². The monoisotopic (exact) mass is 246 g/mol. The van der Waals surface area contributed by atoms with Gasteiger partial charge in [0, 0.05) is 5.56 Å². The number of ether oxygens (including phenoxy) is 1. The summed E-state index contributed by atoms with van der Waals surface area (Å²) in [5, 5.41) is 9.58. The van der Waals surface area contributed by atoms with Crippen molar-refractivity contribution in [1.29, 1.82) is 0 Å². The molecule has 94 valence electrons. The van der Waals surface area contributed by atoms with E-state index < -0.39 is 6.10 Å². The lowest BCUT2D eigenvalue weighted by Crippen LogP contribution is -2.01. The molecule has 0 spiro atoms. The number of halogens is 1. The molecule has 0 aliphatic carbocycles. The average Bonchev–Trinajstić information content (AvgIpc) is 2.38. The molecule has 0 saturated carbocycles. The van der Waals surface area contributed by atoms with E-state index in [0.717, 1.165) is 5.56 Å². The van der Waals surface area contributed by atoms with Crippen molar-refractivity contribution in [2.24, 2.45) is 0 Å². The maximum atomic E-state index is 13.1. The largest absolute Gasteiger partial charge is 0.489 e. The van der Waals surface area contributed by atoms with Crippen LogP contribution >= 0.6 is 0 Å². The van der Waals surface area contributed by atoms with Crippen molar-refractivity contribution in [3.63, 3.8) is 0 Å². The number of aliphatic hydroxyl groups excluding tert-OH is 1. The molecule has 2 aromatic rings. The minimum atomic E-state index is -0.758. The van der Waals surface area contributed by atoms with E-state index in [0.29, 0.717) is 17.9 Å². The fraction of sp³-hybridized carbons (Fsp3) is 0.200. The SMILES string of the molecule is C[C@H](O)c1cc(F)ccc1OCc1ccccc1. The molecular weight excluding hydrogens is 231 g/mol. The Morgan fingerprint density at radius 1 is 1.17 bits per heavy atom. The van der Waals surface area contributed by atoms with Gasteiger partial charge in [0.25, 0.3) is 0 Å². The zero-order valence-corrected chi connectivity index (χ0v) is 10.1. The van der Waals surface area contributed by atoms with Crippen LogP contribution in [0.5, 0.6) is 5.75 Å². The van der Waals surface area contributed by atoms with Crippen molar-refractivity contribution in [3.8, 4) is 5.75 Å². The lowest BCUT2D eigenvalue weighted by molar-refractivity contribution is 0.189. The Balaban J connectivity index is 2.14. The molecule has 0 aliphatic heterocycles. The summed E-state index contributed by atoms with van der Waals surface area (Å²) in [6.45, 7) is 1.98. The molecule has 0 radical (unpaired) electrons. The highest BCUT2D eigenvalue weighted by atomic mass is 19.1. The fourth-order valence-corrected chi connectivity index (χ4v) is 1.71. The summed E-state index contributed by atoms with van der Waals surface area (Å²) in [5.74, 6) is 0.133. The van der Waals surface area contributed by atoms with Crippen LogP contribution in [0.25, 0.3) is 0 Å². The topological polar surface area (TPSA) is 29.5 Å². The van der Waals surface area contributed by atoms with Gasteiger partial charge in [0.2, 0.25) is 0 Å². The lowest BCUT2D eigenvalue weighted by atomic mass is 10.1. The summed E-state index contributed by atoms with van der Waals surface area (Å²) in [4.78, 5) is 0. The standard InChI is InChI=1S/C15H15FO2/c1-11(17)14-9-13(16)7-8-15(14)18-10-12-5-3-2-4-6-12/h2-9,11,17H,10H2,1H3/t11-/m0/s1. The number of hydrogen-bond donors (Lipinski definition) is 1. The van der Waals surface area contributed by atoms with Crippen molar-refractivity contribution in [3.05, 3.63) is 65.5 Å². The third-order valence-corrected chi connectivity index (χ3v) is 2.66. The van der Waals surface area contributed by atoms with Gasteiger partial charge in [-0.25, -0.2) is 4.39 Å². The zero-order chi connectivity index (χ0) is 13.0. The molecule has 3 heteroatoms. The van der Waals surface area contributed by atoms with Crippen molar-refractivity contribution in [2.45, 2.75) is 19.6 Å². The molecule has 0 heterocycles. The highest BCUT2D eigenvalue weighted by Crippen LogP contribution is 2.26. The molecule has 2 rings (SSSR count). The Hall–Kier alpha value is -1.87. The van der Waals surface area contributed by atoms with E-state index >= 15 is 0 Å². The maximum Gasteiger partial charge on any atom is 0.125 e. The summed E-state index contributed by atoms with van der Waals surface area (Å²) in [6, 6.07) is 13.9. The van der Waals surface area contributed by atoms with E-state index in [9.17, 15) is 9.50 Å². The number of aliphatic hydroxyl groups is 1. The van der Waals surface area contributed by atoms with E-state index in [1.807, 2.05) is 30.3 Å². The Morgan fingerprint density at radius 3 is 2.56 bits per heavy atom. The van der Waals surface area contributed by atoms with Gasteiger partial charge in [-0.1, -0.05) is 30.3 Å². The highest BCUT2D eigenvalue weighted by molar-refractivity contribution is 5.35. The summed E-state index contributed by atoms with van der Waals surface area (Å²) in [7, 11) is 0. The van der Waals surface area contributed by atoms with Gasteiger partial charge < -0.3 is 9.84 Å². The molecule has 2 nitrogen and oxygen atoms in total. The molecule has 0 unspecified atom stereocenters. The molecule has 1 N–H and O–H groups in total. The van der Waals surface area contributed by atoms with Gasteiger partial charge >= 0.3 is 0 Å². The van der Waals surface area contributed by atoms with Crippen LogP contribution in [0.2, 0.25) is 0 Å². The third kappa shape index (κ3) is 3.08. The maximum absolute atomic E-state index is 13.1. The van der Waals surface area contributed by atoms with Crippen molar-refractivity contribution < 1.29 is 14.2 Å². The Bertz CT molecular complexity index is 509. The van der Waals surface area contributed by atoms with E-state index in [4.69, 9.17) is 4.74 Å². The van der Waals surface area contributed by atoms with Crippen LogP contribution in [0.3, 0.4) is 0 Å². The molecule has 0 amide bonds.